The summed E-state index contributed by atoms with van der Waals surface area (Å²) >= 11 is 1.53. The molecule has 1 aromatic rings. The van der Waals surface area contributed by atoms with E-state index in [0.717, 1.165) is 43.1 Å². The second-order valence-corrected chi connectivity index (χ2v) is 7.07. The van der Waals surface area contributed by atoms with Gasteiger partial charge in [0.25, 0.3) is 5.91 Å². The van der Waals surface area contributed by atoms with E-state index in [-0.39, 0.29) is 24.2 Å². The number of piperidine rings is 1. The molecular formula is C18H28ClN3O2S. The van der Waals surface area contributed by atoms with Crippen molar-refractivity contribution in [2.24, 2.45) is 5.92 Å². The predicted octanol–water partition coefficient (Wildman–Crippen LogP) is 3.25. The van der Waals surface area contributed by atoms with Gasteiger partial charge in [-0.2, -0.15) is 0 Å². The molecule has 140 valence electrons. The third-order valence-electron chi connectivity index (χ3n) is 4.46. The number of anilines is 1. The molecule has 7 heteroatoms. The largest absolute Gasteiger partial charge is 0.339 e. The van der Waals surface area contributed by atoms with Crippen molar-refractivity contribution in [3.63, 3.8) is 0 Å². The number of nitrogens with one attached hydrogen (secondary N) is 2. The van der Waals surface area contributed by atoms with Crippen molar-refractivity contribution in [2.45, 2.75) is 31.1 Å². The van der Waals surface area contributed by atoms with Crippen LogP contribution in [0.3, 0.4) is 0 Å². The number of carbonyl (C=O) groups is 2. The average molecular weight is 386 g/mol. The summed E-state index contributed by atoms with van der Waals surface area (Å²) in [5.41, 5.74) is 1.46. The van der Waals surface area contributed by atoms with Gasteiger partial charge in [0.1, 0.15) is 0 Å². The lowest BCUT2D eigenvalue weighted by atomic mass is 9.93. The first-order valence-electron chi connectivity index (χ1n) is 8.44. The first kappa shape index (κ1) is 21.8. The summed E-state index contributed by atoms with van der Waals surface area (Å²) in [6.45, 7) is 4.19. The molecule has 1 saturated heterocycles. The summed E-state index contributed by atoms with van der Waals surface area (Å²) in [5.74, 6) is 0.699. The number of thioether (sulfide) groups is 1. The Hall–Kier alpha value is -1.24. The Bertz CT molecular complexity index is 590. The van der Waals surface area contributed by atoms with Gasteiger partial charge in [-0.25, -0.2) is 0 Å². The Kier molecular flexibility index (Phi) is 9.32. The molecule has 1 heterocycles. The van der Waals surface area contributed by atoms with Crippen LogP contribution in [0.15, 0.2) is 23.1 Å². The Morgan fingerprint density at radius 1 is 1.28 bits per heavy atom. The minimum absolute atomic E-state index is 0. The molecule has 1 aliphatic rings. The monoisotopic (exact) mass is 385 g/mol. The first-order valence-corrected chi connectivity index (χ1v) is 9.67. The topological polar surface area (TPSA) is 61.4 Å². The molecule has 0 aromatic heterocycles. The van der Waals surface area contributed by atoms with Crippen LogP contribution < -0.4 is 10.6 Å². The van der Waals surface area contributed by atoms with E-state index in [1.54, 1.807) is 6.07 Å². The molecule has 1 aliphatic heterocycles. The van der Waals surface area contributed by atoms with Crippen LogP contribution in [0.5, 0.6) is 0 Å². The van der Waals surface area contributed by atoms with Crippen LogP contribution in [0.2, 0.25) is 0 Å². The fourth-order valence-electron chi connectivity index (χ4n) is 3.07. The Labute approximate surface area is 160 Å². The van der Waals surface area contributed by atoms with Crippen LogP contribution >= 0.6 is 24.2 Å². The second kappa shape index (κ2) is 10.7. The number of hydrogen-bond donors (Lipinski definition) is 2. The predicted molar refractivity (Wildman–Crippen MR) is 107 cm³/mol. The van der Waals surface area contributed by atoms with E-state index in [0.29, 0.717) is 11.5 Å². The van der Waals surface area contributed by atoms with E-state index < -0.39 is 0 Å². The fourth-order valence-corrected chi connectivity index (χ4v) is 3.66. The Balaban J connectivity index is 0.00000312. The number of rotatable bonds is 6. The number of nitrogens with zero attached hydrogens (tertiary/aromatic N) is 1. The van der Waals surface area contributed by atoms with Crippen LogP contribution in [0.4, 0.5) is 5.69 Å². The van der Waals surface area contributed by atoms with Gasteiger partial charge in [0.05, 0.1) is 5.69 Å². The molecule has 1 aromatic carbocycles. The summed E-state index contributed by atoms with van der Waals surface area (Å²) in [6.07, 6.45) is 5.28. The molecule has 0 aliphatic carbocycles. The third-order valence-corrected chi connectivity index (χ3v) is 5.24. The minimum Gasteiger partial charge on any atom is -0.339 e. The highest BCUT2D eigenvalue weighted by Crippen LogP contribution is 2.28. The van der Waals surface area contributed by atoms with Gasteiger partial charge < -0.3 is 15.5 Å². The van der Waals surface area contributed by atoms with Crippen molar-refractivity contribution in [3.8, 4) is 0 Å². The molecule has 2 rings (SSSR count). The molecule has 0 saturated carbocycles. The molecule has 0 atom stereocenters. The first-order chi connectivity index (χ1) is 11.5. The van der Waals surface area contributed by atoms with Gasteiger partial charge in [-0.3, -0.25) is 9.59 Å². The van der Waals surface area contributed by atoms with Crippen LogP contribution in [0.25, 0.3) is 0 Å². The zero-order chi connectivity index (χ0) is 17.5. The molecule has 0 spiro atoms. The number of amides is 2. The quantitative estimate of drug-likeness (QED) is 0.738. The van der Waals surface area contributed by atoms with Crippen molar-refractivity contribution in [3.05, 3.63) is 23.8 Å². The average Bonchev–Trinajstić information content (AvgIpc) is 2.59. The van der Waals surface area contributed by atoms with Gasteiger partial charge in [-0.15, -0.1) is 24.2 Å². The molecular weight excluding hydrogens is 358 g/mol. The molecule has 2 N–H and O–H groups in total. The maximum atomic E-state index is 12.7. The van der Waals surface area contributed by atoms with E-state index in [4.69, 9.17) is 0 Å². The summed E-state index contributed by atoms with van der Waals surface area (Å²) in [4.78, 5) is 26.9. The lowest BCUT2D eigenvalue weighted by Gasteiger charge is -2.32. The molecule has 0 unspecified atom stereocenters. The number of benzene rings is 1. The second-order valence-electron chi connectivity index (χ2n) is 6.22. The van der Waals surface area contributed by atoms with E-state index in [1.165, 1.54) is 25.1 Å². The lowest BCUT2D eigenvalue weighted by Crippen LogP contribution is -2.39. The Morgan fingerprint density at radius 2 is 1.96 bits per heavy atom. The van der Waals surface area contributed by atoms with Gasteiger partial charge in [0.15, 0.2) is 0 Å². The van der Waals surface area contributed by atoms with Crippen LogP contribution in [0.1, 0.15) is 36.5 Å². The minimum atomic E-state index is -0.104. The standard InChI is InChI=1S/C18H27N3O2S.ClH/c1-13(22)20-16-5-4-15(12-17(16)24-3)18(23)21-10-7-14(8-11-21)6-9-19-2;/h4-5,12,14,19H,6-11H2,1-3H3,(H,20,22);1H. The molecule has 1 fully saturated rings. The zero-order valence-corrected chi connectivity index (χ0v) is 16.8. The fraction of sp³-hybridized carbons (Fsp3) is 0.556. The van der Waals surface area contributed by atoms with Gasteiger partial charge in [0, 0.05) is 30.5 Å². The molecule has 2 amide bonds. The van der Waals surface area contributed by atoms with Crippen LogP contribution in [0, 0.1) is 5.92 Å². The molecule has 5 nitrogen and oxygen atoms in total. The van der Waals surface area contributed by atoms with E-state index >= 15 is 0 Å². The number of likely N-dealkylation sites (tertiary alicyclic amines) is 1. The van der Waals surface area contributed by atoms with Crippen molar-refractivity contribution in [2.75, 3.05) is 38.3 Å². The van der Waals surface area contributed by atoms with E-state index in [2.05, 4.69) is 10.6 Å². The molecule has 0 bridgehead atoms. The van der Waals surface area contributed by atoms with Crippen LogP contribution in [-0.4, -0.2) is 49.7 Å². The maximum absolute atomic E-state index is 12.7. The molecule has 25 heavy (non-hydrogen) atoms. The lowest BCUT2D eigenvalue weighted by molar-refractivity contribution is -0.114. The number of halogens is 1. The SMILES string of the molecule is CNCCC1CCN(C(=O)c2ccc(NC(C)=O)c(SC)c2)CC1.Cl. The maximum Gasteiger partial charge on any atom is 0.253 e. The summed E-state index contributed by atoms with van der Waals surface area (Å²) in [7, 11) is 1.98. The van der Waals surface area contributed by atoms with Gasteiger partial charge >= 0.3 is 0 Å². The zero-order valence-electron chi connectivity index (χ0n) is 15.1. The normalized spacial score (nSPS) is 14.8. The summed E-state index contributed by atoms with van der Waals surface area (Å²) in [5, 5.41) is 6.00. The van der Waals surface area contributed by atoms with Gasteiger partial charge in [-0.05, 0) is 63.2 Å². The highest BCUT2D eigenvalue weighted by atomic mass is 35.5. The van der Waals surface area contributed by atoms with Crippen molar-refractivity contribution in [1.82, 2.24) is 10.2 Å². The van der Waals surface area contributed by atoms with E-state index in [9.17, 15) is 9.59 Å². The number of hydrogen-bond acceptors (Lipinski definition) is 4. The summed E-state index contributed by atoms with van der Waals surface area (Å²) in [6, 6.07) is 5.51. The van der Waals surface area contributed by atoms with Gasteiger partial charge in [-0.1, -0.05) is 0 Å². The molecule has 0 radical (unpaired) electrons. The summed E-state index contributed by atoms with van der Waals surface area (Å²) < 4.78 is 0. The van der Waals surface area contributed by atoms with E-state index in [1.807, 2.05) is 30.3 Å². The third kappa shape index (κ3) is 6.20. The van der Waals surface area contributed by atoms with Crippen molar-refractivity contribution >= 4 is 41.7 Å². The number of carbonyl (C=O) groups excluding carboxylic acids is 2. The van der Waals surface area contributed by atoms with Crippen LogP contribution in [-0.2, 0) is 4.79 Å². The van der Waals surface area contributed by atoms with Gasteiger partial charge in [0.2, 0.25) is 5.91 Å². The van der Waals surface area contributed by atoms with Crippen molar-refractivity contribution in [1.29, 1.82) is 0 Å². The highest BCUT2D eigenvalue weighted by molar-refractivity contribution is 7.98. The van der Waals surface area contributed by atoms with Crippen molar-refractivity contribution < 1.29 is 9.59 Å². The smallest absolute Gasteiger partial charge is 0.253 e. The Morgan fingerprint density at radius 3 is 2.52 bits per heavy atom. The highest BCUT2D eigenvalue weighted by Gasteiger charge is 2.23.